The van der Waals surface area contributed by atoms with Crippen LogP contribution < -0.4 is 4.31 Å². The molecule has 4 aliphatic rings. The second kappa shape index (κ2) is 11.5. The van der Waals surface area contributed by atoms with E-state index in [0.717, 1.165) is 23.8 Å². The molecule has 0 aromatic heterocycles. The summed E-state index contributed by atoms with van der Waals surface area (Å²) in [7, 11) is -3.99. The summed E-state index contributed by atoms with van der Waals surface area (Å²) in [6, 6.07) is 7.97. The molecule has 2 fully saturated rings. The quantitative estimate of drug-likeness (QED) is 0.0894. The monoisotopic (exact) mass is 620 g/mol. The minimum atomic E-state index is -3.99. The van der Waals surface area contributed by atoms with Crippen molar-refractivity contribution in [2.45, 2.75) is 62.9 Å². The van der Waals surface area contributed by atoms with Gasteiger partial charge in [-0.15, -0.1) is 6.58 Å². The van der Waals surface area contributed by atoms with E-state index in [0.29, 0.717) is 35.9 Å². The van der Waals surface area contributed by atoms with E-state index in [4.69, 9.17) is 14.5 Å². The highest BCUT2D eigenvalue weighted by Gasteiger charge is 2.64. The third-order valence-electron chi connectivity index (χ3n) is 9.28. The van der Waals surface area contributed by atoms with Crippen molar-refractivity contribution in [3.8, 4) is 0 Å². The molecule has 232 valence electrons. The Hall–Kier alpha value is -3.96. The Morgan fingerprint density at radius 2 is 1.89 bits per heavy atom. The van der Waals surface area contributed by atoms with Crippen molar-refractivity contribution in [2.24, 2.45) is 17.8 Å². The number of fused-ring (bicyclic) bond motifs is 3. The molecule has 3 heterocycles. The molecule has 2 aromatic rings. The van der Waals surface area contributed by atoms with Gasteiger partial charge in [-0.05, 0) is 47.9 Å². The fourth-order valence-corrected chi connectivity index (χ4v) is 9.44. The van der Waals surface area contributed by atoms with Gasteiger partial charge >= 0.3 is 11.9 Å². The molecule has 11 heteroatoms. The number of nitrogens with zero attached hydrogens (tertiary/aromatic N) is 2. The average Bonchev–Trinajstić information content (AvgIpc) is 3.44. The van der Waals surface area contributed by atoms with Gasteiger partial charge in [-0.3, -0.25) is 14.0 Å². The van der Waals surface area contributed by atoms with Crippen LogP contribution in [-0.2, 0) is 45.3 Å². The fourth-order valence-electron chi connectivity index (χ4n) is 7.55. The highest BCUT2D eigenvalue weighted by atomic mass is 32.2. The Labute approximate surface area is 256 Å². The van der Waals surface area contributed by atoms with Crippen LogP contribution in [-0.4, -0.2) is 56.5 Å². The molecule has 1 saturated carbocycles. The van der Waals surface area contributed by atoms with Crippen LogP contribution in [0.25, 0.3) is 10.8 Å². The van der Waals surface area contributed by atoms with Crippen LogP contribution in [0.3, 0.4) is 0 Å². The van der Waals surface area contributed by atoms with E-state index in [1.54, 1.807) is 13.0 Å². The minimum absolute atomic E-state index is 0.00131. The summed E-state index contributed by atoms with van der Waals surface area (Å²) in [5.41, 5.74) is 2.29. The standard InChI is InChI=1S/C33H36N2O8S/c1-5-10-20-15-16-25-27-21(20)11-8-13-23(27)35(44(25,39)40)24-14-9-12-22-28(24)30(33(38)41-17-6-2)34-29(22)26(31(34)36)19(4)32(37)43-42-18-7-3/h6-8,11,13,15-16,19,22,24,26,29H,2-3,5,9-10,12,14,17-18H2,1,4H3/t19?,22-,24?,26+,29?/m0/s1. The summed E-state index contributed by atoms with van der Waals surface area (Å²) in [5, 5.41) is 1.58. The molecule has 6 rings (SSSR count). The summed E-state index contributed by atoms with van der Waals surface area (Å²) < 4.78 is 35.5. The maximum atomic E-state index is 14.3. The maximum absolute atomic E-state index is 14.3. The number of ether oxygens (including phenoxy) is 1. The smallest absolute Gasteiger partial charge is 0.355 e. The van der Waals surface area contributed by atoms with E-state index in [9.17, 15) is 22.8 Å². The van der Waals surface area contributed by atoms with Gasteiger partial charge in [-0.2, -0.15) is 4.89 Å². The largest absolute Gasteiger partial charge is 0.457 e. The van der Waals surface area contributed by atoms with Gasteiger partial charge in [-0.1, -0.05) is 63.6 Å². The summed E-state index contributed by atoms with van der Waals surface area (Å²) in [6.07, 6.45) is 6.35. The van der Waals surface area contributed by atoms with Crippen LogP contribution in [0.2, 0.25) is 0 Å². The molecule has 2 aromatic carbocycles. The van der Waals surface area contributed by atoms with Crippen LogP contribution in [0.15, 0.2) is 71.8 Å². The zero-order valence-electron chi connectivity index (χ0n) is 24.9. The van der Waals surface area contributed by atoms with Crippen molar-refractivity contribution in [3.63, 3.8) is 0 Å². The number of esters is 1. The molecule has 3 aliphatic heterocycles. The number of hydrogen-bond acceptors (Lipinski definition) is 8. The molecule has 0 spiro atoms. The molecule has 10 nitrogen and oxygen atoms in total. The van der Waals surface area contributed by atoms with E-state index in [1.807, 2.05) is 24.3 Å². The summed E-state index contributed by atoms with van der Waals surface area (Å²) in [6.45, 7) is 10.8. The van der Waals surface area contributed by atoms with Crippen LogP contribution >= 0.6 is 0 Å². The molecule has 1 amide bonds. The predicted octanol–water partition coefficient (Wildman–Crippen LogP) is 4.59. The van der Waals surface area contributed by atoms with E-state index >= 15 is 0 Å². The molecule has 0 radical (unpaired) electrons. The number of aryl methyl sites for hydroxylation is 1. The number of amides is 1. The van der Waals surface area contributed by atoms with Crippen molar-refractivity contribution in [1.29, 1.82) is 0 Å². The lowest BCUT2D eigenvalue weighted by Gasteiger charge is -2.48. The Bertz CT molecular complexity index is 1710. The van der Waals surface area contributed by atoms with Gasteiger partial charge in [0.1, 0.15) is 18.9 Å². The van der Waals surface area contributed by atoms with Gasteiger partial charge in [-0.25, -0.2) is 18.0 Å². The zero-order valence-corrected chi connectivity index (χ0v) is 25.7. The lowest BCUT2D eigenvalue weighted by molar-refractivity contribution is -0.271. The van der Waals surface area contributed by atoms with Crippen molar-refractivity contribution in [3.05, 3.63) is 72.5 Å². The highest BCUT2D eigenvalue weighted by molar-refractivity contribution is 7.93. The van der Waals surface area contributed by atoms with Crippen molar-refractivity contribution in [1.82, 2.24) is 4.90 Å². The number of anilines is 1. The number of carbonyl (C=O) groups is 3. The van der Waals surface area contributed by atoms with Gasteiger partial charge in [0.25, 0.3) is 10.0 Å². The highest BCUT2D eigenvalue weighted by Crippen LogP contribution is 2.56. The van der Waals surface area contributed by atoms with E-state index in [-0.39, 0.29) is 29.7 Å². The second-order valence-corrected chi connectivity index (χ2v) is 13.5. The first-order valence-electron chi connectivity index (χ1n) is 15.1. The zero-order chi connectivity index (χ0) is 31.3. The van der Waals surface area contributed by atoms with Gasteiger partial charge in [0.05, 0.1) is 34.5 Å². The summed E-state index contributed by atoms with van der Waals surface area (Å²) in [4.78, 5) is 51.6. The number of sulfonamides is 1. The molecule has 44 heavy (non-hydrogen) atoms. The van der Waals surface area contributed by atoms with Gasteiger partial charge in [0.15, 0.2) is 0 Å². The number of hydrogen-bond donors (Lipinski definition) is 0. The Morgan fingerprint density at radius 3 is 2.61 bits per heavy atom. The third kappa shape index (κ3) is 4.39. The van der Waals surface area contributed by atoms with Gasteiger partial charge in [0, 0.05) is 11.3 Å². The van der Waals surface area contributed by atoms with Crippen LogP contribution in [0.4, 0.5) is 5.69 Å². The first kappa shape index (κ1) is 30.1. The molecule has 0 bridgehead atoms. The Kier molecular flexibility index (Phi) is 7.87. The molecule has 3 unspecified atom stereocenters. The topological polar surface area (TPSA) is 120 Å². The SMILES string of the molecule is C=CCOOC(=O)C(C)[C@H]1C(=O)N2C(C(=O)OCC=C)=C3C(N4c5cccc6c(CCC)ccc(c56)S4(=O)=O)CCC[C@@H]3C12. The maximum Gasteiger partial charge on any atom is 0.355 e. The summed E-state index contributed by atoms with van der Waals surface area (Å²) >= 11 is 0. The first-order chi connectivity index (χ1) is 21.2. The van der Waals surface area contributed by atoms with Crippen molar-refractivity contribution in [2.75, 3.05) is 17.5 Å². The van der Waals surface area contributed by atoms with Crippen LogP contribution in [0, 0.1) is 17.8 Å². The molecular weight excluding hydrogens is 584 g/mol. The van der Waals surface area contributed by atoms with Crippen LogP contribution in [0.1, 0.15) is 45.1 Å². The van der Waals surface area contributed by atoms with Crippen LogP contribution in [0.5, 0.6) is 0 Å². The van der Waals surface area contributed by atoms with Crippen molar-refractivity contribution >= 4 is 44.3 Å². The second-order valence-electron chi connectivity index (χ2n) is 11.7. The minimum Gasteiger partial charge on any atom is -0.457 e. The molecule has 1 aliphatic carbocycles. The van der Waals surface area contributed by atoms with Crippen molar-refractivity contribution < 1.29 is 37.3 Å². The molecular formula is C33H36N2O8S. The van der Waals surface area contributed by atoms with E-state index in [1.165, 1.54) is 21.4 Å². The first-order valence-corrected chi connectivity index (χ1v) is 16.5. The predicted molar refractivity (Wildman–Crippen MR) is 162 cm³/mol. The van der Waals surface area contributed by atoms with Gasteiger partial charge in [0.2, 0.25) is 5.91 Å². The Morgan fingerprint density at radius 1 is 1.11 bits per heavy atom. The average molecular weight is 621 g/mol. The number of benzene rings is 2. The lowest BCUT2D eigenvalue weighted by atomic mass is 9.69. The number of β-lactam (4-membered cyclic amide) rings is 1. The number of carbonyl (C=O) groups excluding carboxylic acids is 3. The van der Waals surface area contributed by atoms with Gasteiger partial charge < -0.3 is 9.64 Å². The summed E-state index contributed by atoms with van der Waals surface area (Å²) in [5.74, 6) is -3.80. The fraction of sp³-hybridized carbons (Fsp3) is 0.424. The third-order valence-corrected chi connectivity index (χ3v) is 11.1. The Balaban J connectivity index is 1.44. The number of rotatable bonds is 11. The molecule has 0 N–H and O–H groups in total. The normalized spacial score (nSPS) is 25.3. The van der Waals surface area contributed by atoms with E-state index < -0.39 is 51.8 Å². The lowest BCUT2D eigenvalue weighted by Crippen LogP contribution is -2.63. The molecule has 5 atom stereocenters. The molecule has 1 saturated heterocycles. The van der Waals surface area contributed by atoms with E-state index in [2.05, 4.69) is 20.1 Å².